The number of rotatable bonds is 2. The molecule has 4 heterocycles. The van der Waals surface area contributed by atoms with Gasteiger partial charge >= 0.3 is 6.03 Å². The minimum Gasteiger partial charge on any atom is -0.464 e. The van der Waals surface area contributed by atoms with Gasteiger partial charge in [0.2, 0.25) is 0 Å². The van der Waals surface area contributed by atoms with Gasteiger partial charge in [0, 0.05) is 36.9 Å². The Morgan fingerprint density at radius 1 is 1.00 bits per heavy atom. The van der Waals surface area contributed by atoms with Crippen molar-refractivity contribution in [1.29, 1.82) is 0 Å². The van der Waals surface area contributed by atoms with Crippen molar-refractivity contribution in [2.45, 2.75) is 18.9 Å². The Bertz CT molecular complexity index is 1060. The molecule has 2 unspecified atom stereocenters. The molecule has 0 aliphatic carbocycles. The fraction of sp³-hybridized carbons (Fsp3) is 0.273. The molecule has 6 nitrogen and oxygen atoms in total. The highest BCUT2D eigenvalue weighted by molar-refractivity contribution is 5.89. The van der Waals surface area contributed by atoms with Crippen LogP contribution in [0.2, 0.25) is 0 Å². The highest BCUT2D eigenvalue weighted by Crippen LogP contribution is 2.36. The summed E-state index contributed by atoms with van der Waals surface area (Å²) in [6.07, 6.45) is 2.59. The maximum Gasteiger partial charge on any atom is 0.321 e. The summed E-state index contributed by atoms with van der Waals surface area (Å²) in [5.41, 5.74) is 2.38. The standard InChI is InChI=1S/C22H21N3O3/c26-21-18(20-7-4-10-28-20)8-9-19-16-11-15(13-25(19)21)12-24(14-16)22(27)23-17-5-2-1-3-6-17/h1-10,15-16H,11-14H2,(H,23,27). The molecular weight excluding hydrogens is 354 g/mol. The first-order valence-corrected chi connectivity index (χ1v) is 9.57. The number of carbonyl (C=O) groups excluding carboxylic acids is 1. The topological polar surface area (TPSA) is 67.5 Å². The van der Waals surface area contributed by atoms with Gasteiger partial charge in [-0.3, -0.25) is 4.79 Å². The zero-order valence-corrected chi connectivity index (χ0v) is 15.4. The number of hydrogen-bond donors (Lipinski definition) is 1. The lowest BCUT2D eigenvalue weighted by Crippen LogP contribution is -2.50. The summed E-state index contributed by atoms with van der Waals surface area (Å²) in [5, 5.41) is 2.97. The van der Waals surface area contributed by atoms with E-state index >= 15 is 0 Å². The predicted octanol–water partition coefficient (Wildman–Crippen LogP) is 3.76. The van der Waals surface area contributed by atoms with Gasteiger partial charge < -0.3 is 19.2 Å². The third kappa shape index (κ3) is 2.91. The maximum atomic E-state index is 13.0. The number of para-hydroxylation sites is 1. The van der Waals surface area contributed by atoms with Crippen molar-refractivity contribution in [3.63, 3.8) is 0 Å². The Morgan fingerprint density at radius 3 is 2.64 bits per heavy atom. The number of anilines is 1. The maximum absolute atomic E-state index is 13.0. The zero-order chi connectivity index (χ0) is 19.1. The lowest BCUT2D eigenvalue weighted by atomic mass is 9.83. The third-order valence-electron chi connectivity index (χ3n) is 5.70. The monoisotopic (exact) mass is 375 g/mol. The second-order valence-electron chi connectivity index (χ2n) is 7.56. The normalized spacial score (nSPS) is 20.5. The molecule has 1 fully saturated rings. The molecule has 2 bridgehead atoms. The Hall–Kier alpha value is -3.28. The molecule has 2 atom stereocenters. The number of nitrogens with zero attached hydrogens (tertiary/aromatic N) is 2. The highest BCUT2D eigenvalue weighted by atomic mass is 16.3. The molecule has 0 saturated carbocycles. The molecule has 142 valence electrons. The first-order valence-electron chi connectivity index (χ1n) is 9.57. The van der Waals surface area contributed by atoms with E-state index in [2.05, 4.69) is 5.32 Å². The number of fused-ring (bicyclic) bond motifs is 4. The van der Waals surface area contributed by atoms with Crippen molar-refractivity contribution >= 4 is 11.7 Å². The number of nitrogens with one attached hydrogen (secondary N) is 1. The number of aromatic nitrogens is 1. The fourth-order valence-corrected chi connectivity index (χ4v) is 4.46. The van der Waals surface area contributed by atoms with Gasteiger partial charge in [-0.05, 0) is 48.7 Å². The van der Waals surface area contributed by atoms with Crippen LogP contribution in [0.25, 0.3) is 11.3 Å². The van der Waals surface area contributed by atoms with Crippen LogP contribution in [-0.2, 0) is 6.54 Å². The Kier molecular flexibility index (Phi) is 4.04. The molecule has 5 rings (SSSR count). The average molecular weight is 375 g/mol. The number of benzene rings is 1. The first kappa shape index (κ1) is 16.9. The van der Waals surface area contributed by atoms with Crippen molar-refractivity contribution in [3.8, 4) is 11.3 Å². The summed E-state index contributed by atoms with van der Waals surface area (Å²) in [7, 11) is 0. The van der Waals surface area contributed by atoms with Gasteiger partial charge in [-0.25, -0.2) is 4.79 Å². The van der Waals surface area contributed by atoms with Gasteiger partial charge in [0.15, 0.2) is 0 Å². The molecule has 1 N–H and O–H groups in total. The molecule has 3 aromatic rings. The number of piperidine rings is 1. The van der Waals surface area contributed by atoms with Crippen molar-refractivity contribution in [3.05, 3.63) is 76.9 Å². The van der Waals surface area contributed by atoms with Crippen molar-refractivity contribution < 1.29 is 9.21 Å². The van der Waals surface area contributed by atoms with E-state index in [1.165, 1.54) is 0 Å². The second kappa shape index (κ2) is 6.71. The van der Waals surface area contributed by atoms with E-state index in [1.807, 2.05) is 58.0 Å². The number of urea groups is 1. The molecule has 28 heavy (non-hydrogen) atoms. The van der Waals surface area contributed by atoms with Gasteiger partial charge in [0.05, 0.1) is 11.8 Å². The highest BCUT2D eigenvalue weighted by Gasteiger charge is 2.36. The van der Waals surface area contributed by atoms with Gasteiger partial charge in [0.1, 0.15) is 5.76 Å². The minimum absolute atomic E-state index is 0.00987. The summed E-state index contributed by atoms with van der Waals surface area (Å²) >= 11 is 0. The van der Waals surface area contributed by atoms with Crippen LogP contribution in [0.1, 0.15) is 18.0 Å². The molecule has 0 spiro atoms. The van der Waals surface area contributed by atoms with Crippen LogP contribution in [0, 0.1) is 5.92 Å². The third-order valence-corrected chi connectivity index (χ3v) is 5.70. The second-order valence-corrected chi connectivity index (χ2v) is 7.56. The van der Waals surface area contributed by atoms with Crippen LogP contribution >= 0.6 is 0 Å². The number of amides is 2. The van der Waals surface area contributed by atoms with E-state index in [0.717, 1.165) is 17.8 Å². The number of furan rings is 1. The molecule has 2 aliphatic rings. The fourth-order valence-electron chi connectivity index (χ4n) is 4.46. The number of hydrogen-bond acceptors (Lipinski definition) is 3. The molecule has 6 heteroatoms. The van der Waals surface area contributed by atoms with Crippen LogP contribution in [0.3, 0.4) is 0 Å². The van der Waals surface area contributed by atoms with E-state index in [0.29, 0.717) is 31.0 Å². The molecule has 0 radical (unpaired) electrons. The minimum atomic E-state index is -0.0797. The van der Waals surface area contributed by atoms with Gasteiger partial charge in [0.25, 0.3) is 5.56 Å². The molecule has 2 amide bonds. The van der Waals surface area contributed by atoms with Crippen molar-refractivity contribution in [2.24, 2.45) is 5.92 Å². The number of likely N-dealkylation sites (tertiary alicyclic amines) is 1. The molecule has 2 aliphatic heterocycles. The van der Waals surface area contributed by atoms with Crippen LogP contribution in [0.5, 0.6) is 0 Å². The zero-order valence-electron chi connectivity index (χ0n) is 15.4. The van der Waals surface area contributed by atoms with E-state index in [9.17, 15) is 9.59 Å². The molecular formula is C22H21N3O3. The summed E-state index contributed by atoms with van der Waals surface area (Å²) in [5.74, 6) is 1.05. The summed E-state index contributed by atoms with van der Waals surface area (Å²) in [6.45, 7) is 1.91. The summed E-state index contributed by atoms with van der Waals surface area (Å²) in [6, 6.07) is 16.9. The average Bonchev–Trinajstić information content (AvgIpc) is 3.24. The Morgan fingerprint density at radius 2 is 1.86 bits per heavy atom. The Balaban J connectivity index is 1.40. The van der Waals surface area contributed by atoms with Crippen LogP contribution < -0.4 is 10.9 Å². The lowest BCUT2D eigenvalue weighted by molar-refractivity contribution is 0.139. The predicted molar refractivity (Wildman–Crippen MR) is 106 cm³/mol. The summed E-state index contributed by atoms with van der Waals surface area (Å²) in [4.78, 5) is 27.6. The van der Waals surface area contributed by atoms with Gasteiger partial charge in [-0.15, -0.1) is 0 Å². The smallest absolute Gasteiger partial charge is 0.321 e. The van der Waals surface area contributed by atoms with Crippen LogP contribution in [-0.4, -0.2) is 28.6 Å². The van der Waals surface area contributed by atoms with Crippen LogP contribution in [0.15, 0.2) is 70.1 Å². The molecule has 2 aromatic heterocycles. The largest absolute Gasteiger partial charge is 0.464 e. The quantitative estimate of drug-likeness (QED) is 0.742. The van der Waals surface area contributed by atoms with E-state index < -0.39 is 0 Å². The number of carbonyl (C=O) groups is 1. The van der Waals surface area contributed by atoms with E-state index in [4.69, 9.17) is 4.42 Å². The van der Waals surface area contributed by atoms with Crippen molar-refractivity contribution in [1.82, 2.24) is 9.47 Å². The Labute approximate surface area is 162 Å². The molecule has 1 saturated heterocycles. The summed E-state index contributed by atoms with van der Waals surface area (Å²) < 4.78 is 7.29. The number of pyridine rings is 1. The first-order chi connectivity index (χ1) is 13.7. The van der Waals surface area contributed by atoms with Gasteiger partial charge in [-0.1, -0.05) is 18.2 Å². The molecule has 1 aromatic carbocycles. The SMILES string of the molecule is O=C(Nc1ccccc1)N1CC2CC(C1)c1ccc(-c3ccco3)c(=O)n1C2. The van der Waals surface area contributed by atoms with Crippen molar-refractivity contribution in [2.75, 3.05) is 18.4 Å². The van der Waals surface area contributed by atoms with E-state index in [1.54, 1.807) is 12.3 Å². The lowest BCUT2D eigenvalue weighted by Gasteiger charge is -2.42. The van der Waals surface area contributed by atoms with Crippen LogP contribution in [0.4, 0.5) is 10.5 Å². The van der Waals surface area contributed by atoms with E-state index in [-0.39, 0.29) is 23.4 Å². The van der Waals surface area contributed by atoms with Gasteiger partial charge in [-0.2, -0.15) is 0 Å².